The second-order valence-corrected chi connectivity index (χ2v) is 8.12. The normalized spacial score (nSPS) is 15.5. The van der Waals surface area contributed by atoms with E-state index in [0.717, 1.165) is 0 Å². The van der Waals surface area contributed by atoms with Gasteiger partial charge in [0.05, 0.1) is 17.4 Å². The molecule has 0 saturated heterocycles. The highest BCUT2D eigenvalue weighted by Crippen LogP contribution is 2.45. The Morgan fingerprint density at radius 3 is 2.48 bits per heavy atom. The molecule has 5 rings (SSSR count). The minimum atomic E-state index is -0.451. The number of phenols is 1. The van der Waals surface area contributed by atoms with Crippen molar-refractivity contribution in [2.24, 2.45) is 0 Å². The molecule has 0 bridgehead atoms. The van der Waals surface area contributed by atoms with Crippen molar-refractivity contribution >= 4 is 40.1 Å². The van der Waals surface area contributed by atoms with Gasteiger partial charge in [-0.3, -0.25) is 9.59 Å². The van der Waals surface area contributed by atoms with E-state index in [-0.39, 0.29) is 17.6 Å². The molecule has 5 nitrogen and oxygen atoms in total. The second-order valence-electron chi connectivity index (χ2n) is 7.28. The van der Waals surface area contributed by atoms with E-state index in [4.69, 9.17) is 32.4 Å². The molecule has 0 saturated carbocycles. The van der Waals surface area contributed by atoms with Gasteiger partial charge in [-0.05, 0) is 47.5 Å². The highest BCUT2D eigenvalue weighted by atomic mass is 35.5. The fourth-order valence-electron chi connectivity index (χ4n) is 3.95. The molecular formula is C24H14Cl2O5. The summed E-state index contributed by atoms with van der Waals surface area (Å²) in [5, 5.41) is 10.8. The Bertz CT molecular complexity index is 1410. The molecule has 0 unspecified atom stereocenters. The van der Waals surface area contributed by atoms with Crippen molar-refractivity contribution in [1.29, 1.82) is 0 Å². The summed E-state index contributed by atoms with van der Waals surface area (Å²) in [6.07, 6.45) is 1.44. The Labute approximate surface area is 186 Å². The Morgan fingerprint density at radius 2 is 1.74 bits per heavy atom. The molecule has 0 radical (unpaired) electrons. The first-order valence-electron chi connectivity index (χ1n) is 9.46. The van der Waals surface area contributed by atoms with Gasteiger partial charge in [-0.2, -0.15) is 0 Å². The fourth-order valence-corrected chi connectivity index (χ4v) is 4.49. The number of esters is 1. The molecule has 7 heteroatoms. The number of hydrogen-bond donors (Lipinski definition) is 1. The number of carbonyl (C=O) groups excluding carboxylic acids is 1. The van der Waals surface area contributed by atoms with Crippen molar-refractivity contribution in [3.05, 3.63) is 92.3 Å². The van der Waals surface area contributed by atoms with Crippen molar-refractivity contribution in [1.82, 2.24) is 0 Å². The lowest BCUT2D eigenvalue weighted by molar-refractivity contribution is -0.135. The van der Waals surface area contributed by atoms with Crippen LogP contribution in [-0.2, 0) is 4.79 Å². The van der Waals surface area contributed by atoms with E-state index < -0.39 is 11.9 Å². The molecule has 1 aliphatic rings. The van der Waals surface area contributed by atoms with Crippen molar-refractivity contribution in [2.75, 3.05) is 0 Å². The van der Waals surface area contributed by atoms with Crippen LogP contribution in [0.1, 0.15) is 23.5 Å². The molecule has 0 fully saturated rings. The van der Waals surface area contributed by atoms with Gasteiger partial charge in [0.25, 0.3) is 0 Å². The Morgan fingerprint density at radius 1 is 0.968 bits per heavy atom. The number of hydrogen-bond acceptors (Lipinski definition) is 5. The third-order valence-corrected chi connectivity index (χ3v) is 5.96. The Balaban J connectivity index is 1.74. The summed E-state index contributed by atoms with van der Waals surface area (Å²) in [7, 11) is 0. The predicted molar refractivity (Wildman–Crippen MR) is 118 cm³/mol. The monoisotopic (exact) mass is 452 g/mol. The summed E-state index contributed by atoms with van der Waals surface area (Å²) in [5.41, 5.74) is 2.38. The van der Waals surface area contributed by atoms with E-state index in [1.807, 2.05) is 0 Å². The van der Waals surface area contributed by atoms with Crippen LogP contribution in [0.2, 0.25) is 10.0 Å². The molecule has 0 amide bonds. The maximum absolute atomic E-state index is 13.2. The first-order valence-corrected chi connectivity index (χ1v) is 10.2. The quantitative estimate of drug-likeness (QED) is 0.302. The number of aromatic hydroxyl groups is 1. The van der Waals surface area contributed by atoms with Crippen molar-refractivity contribution in [3.63, 3.8) is 0 Å². The average Bonchev–Trinajstić information content (AvgIpc) is 2.74. The Hall–Kier alpha value is -3.28. The number of phenolic OH excluding ortho intramolecular Hbond substituents is 1. The van der Waals surface area contributed by atoms with Gasteiger partial charge >= 0.3 is 5.97 Å². The van der Waals surface area contributed by atoms with Gasteiger partial charge in [-0.1, -0.05) is 41.4 Å². The lowest BCUT2D eigenvalue weighted by Crippen LogP contribution is -2.22. The zero-order chi connectivity index (χ0) is 21.7. The van der Waals surface area contributed by atoms with Crippen molar-refractivity contribution in [2.45, 2.75) is 12.3 Å². The molecule has 1 aliphatic heterocycles. The van der Waals surface area contributed by atoms with Crippen LogP contribution in [0.3, 0.4) is 0 Å². The van der Waals surface area contributed by atoms with E-state index in [1.54, 1.807) is 42.5 Å². The molecular weight excluding hydrogens is 439 g/mol. The fraction of sp³-hybridized carbons (Fsp3) is 0.0833. The maximum Gasteiger partial charge on any atom is 0.312 e. The first kappa shape index (κ1) is 19.7. The summed E-state index contributed by atoms with van der Waals surface area (Å²) in [6, 6.07) is 14.6. The molecule has 3 aromatic carbocycles. The van der Waals surface area contributed by atoms with Crippen LogP contribution in [0.15, 0.2) is 70.1 Å². The molecule has 0 aliphatic carbocycles. The van der Waals surface area contributed by atoms with Crippen LogP contribution in [0, 0.1) is 0 Å². The summed E-state index contributed by atoms with van der Waals surface area (Å²) < 4.78 is 11.4. The number of benzene rings is 3. The summed E-state index contributed by atoms with van der Waals surface area (Å²) in [4.78, 5) is 25.5. The van der Waals surface area contributed by atoms with Gasteiger partial charge in [0.15, 0.2) is 0 Å². The zero-order valence-electron chi connectivity index (χ0n) is 15.9. The third kappa shape index (κ3) is 3.36. The number of ether oxygens (including phenoxy) is 1. The van der Waals surface area contributed by atoms with Crippen molar-refractivity contribution < 1.29 is 19.1 Å². The molecule has 0 spiro atoms. The van der Waals surface area contributed by atoms with E-state index >= 15 is 0 Å². The van der Waals surface area contributed by atoms with Gasteiger partial charge in [0.1, 0.15) is 23.3 Å². The second kappa shape index (κ2) is 7.45. The van der Waals surface area contributed by atoms with E-state index in [2.05, 4.69) is 0 Å². The van der Waals surface area contributed by atoms with E-state index in [9.17, 15) is 14.7 Å². The molecule has 2 heterocycles. The molecule has 31 heavy (non-hydrogen) atoms. The lowest BCUT2D eigenvalue weighted by atomic mass is 9.85. The largest absolute Gasteiger partial charge is 0.508 e. The van der Waals surface area contributed by atoms with Crippen molar-refractivity contribution in [3.8, 4) is 22.6 Å². The van der Waals surface area contributed by atoms with Gasteiger partial charge < -0.3 is 14.3 Å². The van der Waals surface area contributed by atoms with Crippen LogP contribution in [-0.4, -0.2) is 11.1 Å². The SMILES string of the molecule is O=C1C[C@@H](c2ccc(Cl)cc2Cl)c2c(ccc3c(=O)c(-c4ccc(O)cc4)coc23)O1. The molecule has 1 atom stereocenters. The van der Waals surface area contributed by atoms with E-state index in [0.29, 0.717) is 49.0 Å². The van der Waals surface area contributed by atoms with Crippen LogP contribution in [0.25, 0.3) is 22.1 Å². The average molecular weight is 453 g/mol. The minimum Gasteiger partial charge on any atom is -0.508 e. The predicted octanol–water partition coefficient (Wildman–Crippen LogP) is 5.91. The lowest BCUT2D eigenvalue weighted by Gasteiger charge is -2.26. The van der Waals surface area contributed by atoms with Gasteiger partial charge in [-0.25, -0.2) is 0 Å². The van der Waals surface area contributed by atoms with Gasteiger partial charge in [0.2, 0.25) is 5.43 Å². The standard InChI is InChI=1S/C24H14Cl2O5/c25-13-3-6-15(19(26)9-13)17-10-21(28)31-20-8-7-16-23(29)18(11-30-24(16)22(17)20)12-1-4-14(27)5-2-12/h1-9,11,17,27H,10H2/t17-/m0/s1. The molecule has 154 valence electrons. The summed E-state index contributed by atoms with van der Waals surface area (Å²) >= 11 is 12.5. The molecule has 4 aromatic rings. The highest BCUT2D eigenvalue weighted by Gasteiger charge is 2.33. The number of fused-ring (bicyclic) bond motifs is 3. The summed E-state index contributed by atoms with van der Waals surface area (Å²) in [6.45, 7) is 0. The molecule has 1 aromatic heterocycles. The van der Waals surface area contributed by atoms with Gasteiger partial charge in [-0.15, -0.1) is 0 Å². The zero-order valence-corrected chi connectivity index (χ0v) is 17.4. The van der Waals surface area contributed by atoms with Gasteiger partial charge in [0, 0.05) is 21.5 Å². The number of rotatable bonds is 2. The number of carbonyl (C=O) groups is 1. The minimum absolute atomic E-state index is 0.0525. The highest BCUT2D eigenvalue weighted by molar-refractivity contribution is 6.35. The molecule has 1 N–H and O–H groups in total. The van der Waals surface area contributed by atoms with E-state index in [1.165, 1.54) is 18.4 Å². The van der Waals surface area contributed by atoms with Crippen LogP contribution < -0.4 is 10.2 Å². The third-order valence-electron chi connectivity index (χ3n) is 5.40. The summed E-state index contributed by atoms with van der Waals surface area (Å²) in [5.74, 6) is -0.411. The first-order chi connectivity index (χ1) is 14.9. The van der Waals surface area contributed by atoms with Crippen LogP contribution in [0.5, 0.6) is 11.5 Å². The topological polar surface area (TPSA) is 76.7 Å². The Kier molecular flexibility index (Phi) is 4.73. The van der Waals surface area contributed by atoms with Crippen LogP contribution in [0.4, 0.5) is 0 Å². The van der Waals surface area contributed by atoms with Crippen LogP contribution >= 0.6 is 23.2 Å². The maximum atomic E-state index is 13.2. The number of halogens is 2. The smallest absolute Gasteiger partial charge is 0.312 e.